The molecule has 1 atom stereocenters. The van der Waals surface area contributed by atoms with E-state index in [9.17, 15) is 36.0 Å². The van der Waals surface area contributed by atoms with Gasteiger partial charge in [-0.25, -0.2) is 13.2 Å². The van der Waals surface area contributed by atoms with Crippen LogP contribution in [0.5, 0.6) is 17.2 Å². The highest BCUT2D eigenvalue weighted by molar-refractivity contribution is 7.89. The summed E-state index contributed by atoms with van der Waals surface area (Å²) in [4.78, 5) is 38.4. The Kier molecular flexibility index (Phi) is 11.6. The summed E-state index contributed by atoms with van der Waals surface area (Å²) in [5.41, 5.74) is 7.60. The fourth-order valence-corrected chi connectivity index (χ4v) is 4.83. The number of esters is 1. The normalized spacial score (nSPS) is 12.2. The van der Waals surface area contributed by atoms with Gasteiger partial charge in [0.25, 0.3) is 15.9 Å². The van der Waals surface area contributed by atoms with Crippen LogP contribution in [-0.2, 0) is 19.6 Å². The van der Waals surface area contributed by atoms with Crippen LogP contribution in [0.2, 0.25) is 0 Å². The van der Waals surface area contributed by atoms with E-state index in [4.69, 9.17) is 20.6 Å². The van der Waals surface area contributed by atoms with E-state index in [1.165, 1.54) is 55.5 Å². The summed E-state index contributed by atoms with van der Waals surface area (Å²) in [6, 6.07) is 11.2. The lowest BCUT2D eigenvalue weighted by Crippen LogP contribution is -2.45. The van der Waals surface area contributed by atoms with Gasteiger partial charge in [-0.15, -0.1) is 4.83 Å². The molecule has 0 aliphatic heterocycles. The Hall–Kier alpha value is -5.16. The Morgan fingerprint density at radius 3 is 2.17 bits per heavy atom. The summed E-state index contributed by atoms with van der Waals surface area (Å²) in [7, 11) is -4.34. The number of nitrogen functional groups attached to an aromatic ring is 1. The number of amides is 1. The topological polar surface area (TPSA) is 199 Å². The summed E-state index contributed by atoms with van der Waals surface area (Å²) in [6.07, 6.45) is -5.60. The Labute approximate surface area is 268 Å². The second-order valence-corrected chi connectivity index (χ2v) is 11.8. The van der Waals surface area contributed by atoms with Crippen molar-refractivity contribution in [1.82, 2.24) is 10.3 Å². The summed E-state index contributed by atoms with van der Waals surface area (Å²) in [5.74, 6) is -4.70. The molecule has 0 aliphatic rings. The molecule has 0 spiro atoms. The molecule has 1 amide bonds. The third-order valence-corrected chi connectivity index (χ3v) is 7.39. The van der Waals surface area contributed by atoms with Crippen molar-refractivity contribution in [3.63, 3.8) is 0 Å². The molecule has 6 N–H and O–H groups in total. The van der Waals surface area contributed by atoms with Crippen LogP contribution < -0.4 is 35.5 Å². The third-order valence-electron chi connectivity index (χ3n) is 6.12. The third kappa shape index (κ3) is 9.67. The van der Waals surface area contributed by atoms with Gasteiger partial charge in [0.1, 0.15) is 17.6 Å². The molecule has 17 heteroatoms. The van der Waals surface area contributed by atoms with Gasteiger partial charge < -0.3 is 25.3 Å². The quantitative estimate of drug-likeness (QED) is 0.0415. The zero-order valence-electron chi connectivity index (χ0n) is 25.5. The highest BCUT2D eigenvalue weighted by Gasteiger charge is 2.42. The molecule has 47 heavy (non-hydrogen) atoms. The van der Waals surface area contributed by atoms with Gasteiger partial charge in [0.05, 0.1) is 23.2 Å². The van der Waals surface area contributed by atoms with E-state index >= 15 is 0 Å². The summed E-state index contributed by atoms with van der Waals surface area (Å²) < 4.78 is 80.6. The number of carbonyl (C=O) groups is 3. The number of anilines is 1. The Morgan fingerprint density at radius 2 is 1.62 bits per heavy atom. The van der Waals surface area contributed by atoms with Crippen LogP contribution >= 0.6 is 0 Å². The Morgan fingerprint density at radius 1 is 0.957 bits per heavy atom. The molecule has 0 aromatic heterocycles. The lowest BCUT2D eigenvalue weighted by molar-refractivity contribution is -0.189. The van der Waals surface area contributed by atoms with Crippen LogP contribution in [0, 0.1) is 5.41 Å². The average Bonchev–Trinajstić information content (AvgIpc) is 2.99. The van der Waals surface area contributed by atoms with Crippen molar-refractivity contribution in [2.75, 3.05) is 11.9 Å². The van der Waals surface area contributed by atoms with Crippen molar-refractivity contribution in [2.24, 2.45) is 5.73 Å². The van der Waals surface area contributed by atoms with Crippen molar-refractivity contribution in [3.05, 3.63) is 77.4 Å². The number of Topliss-reactive ketones (excluding diaryl/α,β-unsaturated/α-hetero) is 1. The fourth-order valence-electron chi connectivity index (χ4n) is 3.98. The number of rotatable bonds is 14. The van der Waals surface area contributed by atoms with Crippen molar-refractivity contribution in [2.45, 2.75) is 50.9 Å². The second-order valence-electron chi connectivity index (χ2n) is 10.1. The first-order chi connectivity index (χ1) is 21.9. The van der Waals surface area contributed by atoms with E-state index in [1.807, 2.05) is 4.83 Å². The molecule has 0 aliphatic carbocycles. The smallest absolute Gasteiger partial charge is 0.490 e. The molecular weight excluding hydrogens is 647 g/mol. The van der Waals surface area contributed by atoms with Gasteiger partial charge in [-0.3, -0.25) is 20.4 Å². The molecule has 0 saturated heterocycles. The van der Waals surface area contributed by atoms with Crippen LogP contribution in [-0.4, -0.2) is 50.8 Å². The Balaban J connectivity index is 2.02. The van der Waals surface area contributed by atoms with Crippen molar-refractivity contribution >= 4 is 39.2 Å². The average molecular weight is 680 g/mol. The molecular formula is C30H32F3N5O8S. The number of carbonyl (C=O) groups excluding carboxylic acids is 3. The number of hydrogen-bond acceptors (Lipinski definition) is 10. The molecule has 0 saturated carbocycles. The van der Waals surface area contributed by atoms with Crippen LogP contribution in [0.3, 0.4) is 0 Å². The van der Waals surface area contributed by atoms with Gasteiger partial charge in [-0.05, 0) is 69.7 Å². The number of alkyl halides is 3. The monoisotopic (exact) mass is 679 g/mol. The van der Waals surface area contributed by atoms with Gasteiger partial charge in [0.15, 0.2) is 17.3 Å². The lowest BCUT2D eigenvalue weighted by atomic mass is 10.0. The summed E-state index contributed by atoms with van der Waals surface area (Å²) in [6.45, 7) is 6.81. The largest absolute Gasteiger partial charge is 0.491 e. The summed E-state index contributed by atoms with van der Waals surface area (Å²) >= 11 is 0. The maximum absolute atomic E-state index is 13.6. The number of ketones is 1. The van der Waals surface area contributed by atoms with E-state index in [1.54, 1.807) is 20.8 Å². The number of ether oxygens (including phenoxy) is 3. The number of nitrogens with one attached hydrogen (secondary N) is 4. The van der Waals surface area contributed by atoms with Crippen LogP contribution in [0.15, 0.2) is 65.6 Å². The van der Waals surface area contributed by atoms with Crippen molar-refractivity contribution < 1.29 is 50.2 Å². The molecule has 3 aromatic rings. The van der Waals surface area contributed by atoms with E-state index < -0.39 is 45.7 Å². The molecule has 252 valence electrons. The highest BCUT2D eigenvalue weighted by Crippen LogP contribution is 2.34. The van der Waals surface area contributed by atoms with Crippen molar-refractivity contribution in [3.8, 4) is 17.2 Å². The standard InChI is InChI=1S/C30H32F3N5O8S/c1-5-44-25-14-19(8-13-23(25)45-16(2)3)26(28(40)37-38-47(42,43)21-10-6-18(7-11-21)17(4)39)36-20-9-12-22(27(34)35)24(15-20)46-29(41)30(31,32)33/h6-16,26,36,38H,5H2,1-4H3,(H3,34,35)(H,37,40). The number of benzene rings is 3. The predicted molar refractivity (Wildman–Crippen MR) is 164 cm³/mol. The Bertz CT molecular complexity index is 1760. The van der Waals surface area contributed by atoms with Gasteiger partial charge in [0, 0.05) is 17.3 Å². The summed E-state index contributed by atoms with van der Waals surface area (Å²) in [5, 5.41) is 10.4. The first-order valence-corrected chi connectivity index (χ1v) is 15.3. The highest BCUT2D eigenvalue weighted by atomic mass is 32.2. The number of hydrazine groups is 1. The van der Waals surface area contributed by atoms with E-state index in [0.717, 1.165) is 12.1 Å². The first kappa shape index (κ1) is 36.3. The zero-order valence-corrected chi connectivity index (χ0v) is 26.3. The molecule has 0 bridgehead atoms. The molecule has 0 radical (unpaired) electrons. The number of halogens is 3. The van der Waals surface area contributed by atoms with E-state index in [2.05, 4.69) is 15.5 Å². The second kappa shape index (κ2) is 15.0. The zero-order chi connectivity index (χ0) is 35.1. The van der Waals surface area contributed by atoms with Crippen LogP contribution in [0.25, 0.3) is 0 Å². The maximum atomic E-state index is 13.6. The van der Waals surface area contributed by atoms with E-state index in [0.29, 0.717) is 5.75 Å². The first-order valence-electron chi connectivity index (χ1n) is 13.8. The van der Waals surface area contributed by atoms with E-state index in [-0.39, 0.29) is 51.5 Å². The number of nitrogens with two attached hydrogens (primary N) is 1. The molecule has 3 rings (SSSR count). The van der Waals surface area contributed by atoms with Gasteiger partial charge in [0.2, 0.25) is 0 Å². The minimum atomic E-state index is -5.36. The lowest BCUT2D eigenvalue weighted by Gasteiger charge is -2.23. The molecule has 1 unspecified atom stereocenters. The fraction of sp³-hybridized carbons (Fsp3) is 0.267. The number of hydrogen-bond donors (Lipinski definition) is 5. The molecule has 3 aromatic carbocycles. The van der Waals surface area contributed by atoms with Crippen molar-refractivity contribution in [1.29, 1.82) is 5.41 Å². The van der Waals surface area contributed by atoms with Gasteiger partial charge in [-0.2, -0.15) is 13.2 Å². The van der Waals surface area contributed by atoms with Crippen LogP contribution in [0.1, 0.15) is 55.2 Å². The van der Waals surface area contributed by atoms with Gasteiger partial charge >= 0.3 is 12.1 Å². The number of sulfonamides is 1. The SMILES string of the molecule is CCOc1cc(C(Nc2ccc(C(=N)N)c(OC(=O)C(F)(F)F)c2)C(=O)NNS(=O)(=O)c2ccc(C(C)=O)cc2)ccc1OC(C)C. The predicted octanol–water partition coefficient (Wildman–Crippen LogP) is 3.99. The minimum Gasteiger partial charge on any atom is -0.490 e. The molecule has 13 nitrogen and oxygen atoms in total. The molecule has 0 heterocycles. The van der Waals surface area contributed by atoms with Gasteiger partial charge in [-0.1, -0.05) is 18.2 Å². The van der Waals surface area contributed by atoms with Crippen LogP contribution in [0.4, 0.5) is 18.9 Å². The minimum absolute atomic E-state index is 0.0803. The number of amidine groups is 1. The maximum Gasteiger partial charge on any atom is 0.491 e. The molecule has 0 fully saturated rings.